The minimum absolute atomic E-state index is 0.0711. The van der Waals surface area contributed by atoms with Gasteiger partial charge >= 0.3 is 0 Å². The van der Waals surface area contributed by atoms with Gasteiger partial charge < -0.3 is 9.72 Å². The molecule has 1 atom stereocenters. The number of methoxy groups -OCH3 is 1. The second kappa shape index (κ2) is 5.45. The van der Waals surface area contributed by atoms with Gasteiger partial charge in [-0.1, -0.05) is 33.6 Å². The van der Waals surface area contributed by atoms with Crippen molar-refractivity contribution in [2.24, 2.45) is 5.41 Å². The molecule has 4 nitrogen and oxygen atoms in total. The largest absolute Gasteiger partial charge is 0.373 e. The molecular formula is C15H24N2O2. The highest BCUT2D eigenvalue weighted by Gasteiger charge is 2.29. The fourth-order valence-corrected chi connectivity index (χ4v) is 2.93. The molecule has 1 heterocycles. The minimum Gasteiger partial charge on any atom is -0.373 e. The van der Waals surface area contributed by atoms with Gasteiger partial charge in [0.1, 0.15) is 11.9 Å². The van der Waals surface area contributed by atoms with Crippen LogP contribution in [-0.4, -0.2) is 17.1 Å². The van der Waals surface area contributed by atoms with Crippen LogP contribution in [0.25, 0.3) is 0 Å². The maximum atomic E-state index is 11.9. The number of hydrogen-bond acceptors (Lipinski definition) is 3. The third-order valence-electron chi connectivity index (χ3n) is 3.82. The van der Waals surface area contributed by atoms with Crippen molar-refractivity contribution in [3.8, 4) is 0 Å². The normalized spacial score (nSPS) is 18.7. The fourth-order valence-electron chi connectivity index (χ4n) is 2.93. The molecule has 1 aromatic rings. The van der Waals surface area contributed by atoms with Gasteiger partial charge in [-0.3, -0.25) is 4.79 Å². The van der Waals surface area contributed by atoms with E-state index in [9.17, 15) is 4.79 Å². The summed E-state index contributed by atoms with van der Waals surface area (Å²) in [6.07, 6.45) is 4.57. The Morgan fingerprint density at radius 1 is 1.37 bits per heavy atom. The minimum atomic E-state index is -0.193. The van der Waals surface area contributed by atoms with Gasteiger partial charge in [-0.05, 0) is 18.3 Å². The van der Waals surface area contributed by atoms with Crippen LogP contribution in [-0.2, 0) is 4.74 Å². The molecule has 0 saturated heterocycles. The molecule has 4 heteroatoms. The molecule has 1 N–H and O–H groups in total. The van der Waals surface area contributed by atoms with E-state index >= 15 is 0 Å². The molecule has 0 radical (unpaired) electrons. The second-order valence-electron chi connectivity index (χ2n) is 6.52. The van der Waals surface area contributed by atoms with Crippen molar-refractivity contribution >= 4 is 0 Å². The Kier molecular flexibility index (Phi) is 4.09. The maximum Gasteiger partial charge on any atom is 0.251 e. The summed E-state index contributed by atoms with van der Waals surface area (Å²) in [5.74, 6) is 1.10. The first-order chi connectivity index (χ1) is 8.91. The predicted molar refractivity (Wildman–Crippen MR) is 75.3 cm³/mol. The van der Waals surface area contributed by atoms with Gasteiger partial charge in [0.25, 0.3) is 5.56 Å². The monoisotopic (exact) mass is 264 g/mol. The summed E-state index contributed by atoms with van der Waals surface area (Å²) < 4.78 is 5.54. The molecule has 0 aliphatic heterocycles. The van der Waals surface area contributed by atoms with Crippen LogP contribution in [0.15, 0.2) is 10.9 Å². The number of ether oxygens (including phenoxy) is 1. The van der Waals surface area contributed by atoms with E-state index in [1.807, 2.05) is 0 Å². The van der Waals surface area contributed by atoms with Crippen LogP contribution in [0.4, 0.5) is 0 Å². The number of aromatic amines is 1. The van der Waals surface area contributed by atoms with Crippen LogP contribution in [0.1, 0.15) is 70.0 Å². The lowest BCUT2D eigenvalue weighted by molar-refractivity contribution is 0.00828. The Hall–Kier alpha value is -1.16. The van der Waals surface area contributed by atoms with Crippen LogP contribution in [0.5, 0.6) is 0 Å². The SMILES string of the molecule is COC(c1nc(C2CCCC2)cc(=O)[nH]1)C(C)(C)C. The topological polar surface area (TPSA) is 55.0 Å². The van der Waals surface area contributed by atoms with Gasteiger partial charge in [-0.2, -0.15) is 0 Å². The van der Waals surface area contributed by atoms with E-state index in [0.717, 1.165) is 18.5 Å². The summed E-state index contributed by atoms with van der Waals surface area (Å²) in [4.78, 5) is 19.4. The molecule has 19 heavy (non-hydrogen) atoms. The summed E-state index contributed by atoms with van der Waals surface area (Å²) >= 11 is 0. The highest BCUT2D eigenvalue weighted by Crippen LogP contribution is 2.36. The van der Waals surface area contributed by atoms with Crippen molar-refractivity contribution in [1.29, 1.82) is 0 Å². The quantitative estimate of drug-likeness (QED) is 0.912. The molecule has 1 aromatic heterocycles. The lowest BCUT2D eigenvalue weighted by atomic mass is 9.88. The molecule has 2 rings (SSSR count). The summed E-state index contributed by atoms with van der Waals surface area (Å²) in [5.41, 5.74) is 0.764. The van der Waals surface area contributed by atoms with Gasteiger partial charge in [0, 0.05) is 19.1 Å². The summed E-state index contributed by atoms with van der Waals surface area (Å²) in [7, 11) is 1.66. The predicted octanol–water partition coefficient (Wildman–Crippen LogP) is 3.16. The van der Waals surface area contributed by atoms with Crippen LogP contribution < -0.4 is 5.56 Å². The molecular weight excluding hydrogens is 240 g/mol. The van der Waals surface area contributed by atoms with Crippen LogP contribution >= 0.6 is 0 Å². The second-order valence-corrected chi connectivity index (χ2v) is 6.52. The fraction of sp³-hybridized carbons (Fsp3) is 0.733. The molecule has 1 aliphatic rings. The molecule has 1 aliphatic carbocycles. The standard InChI is InChI=1S/C15H24N2O2/c1-15(2,3)13(19-4)14-16-11(9-12(18)17-14)10-7-5-6-8-10/h9-10,13H,5-8H2,1-4H3,(H,16,17,18). The van der Waals surface area contributed by atoms with E-state index in [-0.39, 0.29) is 17.1 Å². The van der Waals surface area contributed by atoms with Gasteiger partial charge in [0.2, 0.25) is 0 Å². The van der Waals surface area contributed by atoms with Crippen molar-refractivity contribution < 1.29 is 4.74 Å². The highest BCUT2D eigenvalue weighted by molar-refractivity contribution is 5.12. The van der Waals surface area contributed by atoms with E-state index in [4.69, 9.17) is 4.74 Å². The molecule has 0 amide bonds. The zero-order chi connectivity index (χ0) is 14.0. The first kappa shape index (κ1) is 14.3. The van der Waals surface area contributed by atoms with Gasteiger partial charge in [0.15, 0.2) is 0 Å². The molecule has 0 bridgehead atoms. The van der Waals surface area contributed by atoms with E-state index < -0.39 is 0 Å². The maximum absolute atomic E-state index is 11.9. The third-order valence-corrected chi connectivity index (χ3v) is 3.82. The summed E-state index contributed by atoms with van der Waals surface area (Å²) in [5, 5.41) is 0. The molecule has 0 aromatic carbocycles. The summed E-state index contributed by atoms with van der Waals surface area (Å²) in [6.45, 7) is 6.26. The van der Waals surface area contributed by atoms with E-state index in [0.29, 0.717) is 11.7 Å². The highest BCUT2D eigenvalue weighted by atomic mass is 16.5. The number of nitrogens with one attached hydrogen (secondary N) is 1. The van der Waals surface area contributed by atoms with Crippen LogP contribution in [0.3, 0.4) is 0 Å². The number of hydrogen-bond donors (Lipinski definition) is 1. The Morgan fingerprint density at radius 3 is 2.53 bits per heavy atom. The Labute approximate surface area is 114 Å². The van der Waals surface area contributed by atoms with E-state index in [1.165, 1.54) is 12.8 Å². The van der Waals surface area contributed by atoms with E-state index in [1.54, 1.807) is 13.2 Å². The van der Waals surface area contributed by atoms with Crippen molar-refractivity contribution in [3.63, 3.8) is 0 Å². The Balaban J connectivity index is 2.37. The zero-order valence-electron chi connectivity index (χ0n) is 12.3. The van der Waals surface area contributed by atoms with Gasteiger partial charge in [-0.15, -0.1) is 0 Å². The Bertz CT molecular complexity index is 482. The molecule has 0 spiro atoms. The lowest BCUT2D eigenvalue weighted by Gasteiger charge is -2.28. The smallest absolute Gasteiger partial charge is 0.251 e. The lowest BCUT2D eigenvalue weighted by Crippen LogP contribution is -2.26. The van der Waals surface area contributed by atoms with Crippen molar-refractivity contribution in [1.82, 2.24) is 9.97 Å². The van der Waals surface area contributed by atoms with Crippen molar-refractivity contribution in [2.75, 3.05) is 7.11 Å². The number of H-pyrrole nitrogens is 1. The zero-order valence-corrected chi connectivity index (χ0v) is 12.3. The van der Waals surface area contributed by atoms with Crippen molar-refractivity contribution in [2.45, 2.75) is 58.5 Å². The number of aromatic nitrogens is 2. The Morgan fingerprint density at radius 2 is 2.00 bits per heavy atom. The van der Waals surface area contributed by atoms with Crippen LogP contribution in [0, 0.1) is 5.41 Å². The first-order valence-corrected chi connectivity index (χ1v) is 7.06. The molecule has 1 unspecified atom stereocenters. The van der Waals surface area contributed by atoms with Crippen molar-refractivity contribution in [3.05, 3.63) is 27.9 Å². The van der Waals surface area contributed by atoms with Gasteiger partial charge in [0.05, 0.1) is 5.69 Å². The summed E-state index contributed by atoms with van der Waals surface area (Å²) in [6, 6.07) is 1.65. The van der Waals surface area contributed by atoms with E-state index in [2.05, 4.69) is 30.7 Å². The average molecular weight is 264 g/mol. The average Bonchev–Trinajstić information content (AvgIpc) is 2.80. The molecule has 106 valence electrons. The van der Waals surface area contributed by atoms with Gasteiger partial charge in [-0.25, -0.2) is 4.98 Å². The molecule has 1 saturated carbocycles. The number of nitrogens with zero attached hydrogens (tertiary/aromatic N) is 1. The third kappa shape index (κ3) is 3.24. The number of rotatable bonds is 3. The molecule has 1 fully saturated rings. The first-order valence-electron chi connectivity index (χ1n) is 7.06. The van der Waals surface area contributed by atoms with Crippen LogP contribution in [0.2, 0.25) is 0 Å².